The molecule has 2 heterocycles. The Kier molecular flexibility index (Phi) is 16.5. The molecule has 332 valence electrons. The van der Waals surface area contributed by atoms with E-state index in [2.05, 4.69) is 48.5 Å². The van der Waals surface area contributed by atoms with Crippen LogP contribution in [-0.4, -0.2) is 37.6 Å². The molecule has 5 aromatic rings. The molecule has 1 atom stereocenters. The first-order chi connectivity index (χ1) is 29.5. The van der Waals surface area contributed by atoms with Crippen molar-refractivity contribution in [2.75, 3.05) is 27.4 Å². The van der Waals surface area contributed by atoms with Crippen molar-refractivity contribution in [2.24, 2.45) is 5.41 Å². The van der Waals surface area contributed by atoms with E-state index in [1.807, 2.05) is 48.5 Å². The smallest absolute Gasteiger partial charge is 0.453 e. The number of unbranched alkanes of at least 4 members (excludes halogenated alkanes) is 3. The number of aryl methyl sites for hydroxylation is 3. The van der Waals surface area contributed by atoms with Gasteiger partial charge < -0.3 is 46.2 Å². The first-order valence-electron chi connectivity index (χ1n) is 22.0. The predicted octanol–water partition coefficient (Wildman–Crippen LogP) is 14.0. The maximum Gasteiger partial charge on any atom is 0.453 e. The second-order valence-corrected chi connectivity index (χ2v) is 19.1. The number of aliphatic hydroxyl groups is 2. The maximum absolute atomic E-state index is 10.5. The summed E-state index contributed by atoms with van der Waals surface area (Å²) in [6, 6.07) is 16.1. The quantitative estimate of drug-likeness (QED) is 0.0731. The van der Waals surface area contributed by atoms with Crippen molar-refractivity contribution in [3.05, 3.63) is 81.9 Å². The Labute approximate surface area is 364 Å². The number of aliphatic hydroxyl groups excluding tert-OH is 2. The van der Waals surface area contributed by atoms with Gasteiger partial charge in [0.2, 0.25) is 0 Å². The molecule has 10 nitrogen and oxygen atoms in total. The lowest BCUT2D eigenvalue weighted by atomic mass is 9.91. The van der Waals surface area contributed by atoms with Gasteiger partial charge in [0.1, 0.15) is 34.2 Å². The van der Waals surface area contributed by atoms with E-state index in [4.69, 9.17) is 36.0 Å². The summed E-state index contributed by atoms with van der Waals surface area (Å²) in [6.07, 6.45) is 8.85. The maximum atomic E-state index is 10.5. The zero-order valence-electron chi connectivity index (χ0n) is 37.7. The Bertz CT molecular complexity index is 2210. The summed E-state index contributed by atoms with van der Waals surface area (Å²) in [4.78, 5) is 0. The zero-order chi connectivity index (χ0) is 43.7. The molecule has 12 heteroatoms. The van der Waals surface area contributed by atoms with Crippen LogP contribution in [0.4, 0.5) is 0 Å². The number of methoxy groups -OCH3 is 2. The summed E-state index contributed by atoms with van der Waals surface area (Å²) in [7, 11) is -0.497. The number of fused-ring (bicyclic) bond motifs is 3. The van der Waals surface area contributed by atoms with E-state index in [1.54, 1.807) is 14.2 Å². The van der Waals surface area contributed by atoms with Gasteiger partial charge in [0, 0.05) is 32.9 Å². The molecule has 1 unspecified atom stereocenters. The predicted molar refractivity (Wildman–Crippen MR) is 247 cm³/mol. The van der Waals surface area contributed by atoms with E-state index in [0.717, 1.165) is 119 Å². The van der Waals surface area contributed by atoms with Crippen LogP contribution in [0.3, 0.4) is 0 Å². The summed E-state index contributed by atoms with van der Waals surface area (Å²) < 4.78 is 52.7. The molecule has 1 aliphatic heterocycles. The molecule has 1 aromatic heterocycles. The fourth-order valence-electron chi connectivity index (χ4n) is 7.62. The zero-order valence-corrected chi connectivity index (χ0v) is 39.4. The average molecular weight is 877 g/mol. The van der Waals surface area contributed by atoms with Gasteiger partial charge in [0.15, 0.2) is 0 Å². The van der Waals surface area contributed by atoms with Gasteiger partial charge >= 0.3 is 16.8 Å². The largest absolute Gasteiger partial charge is 0.497 e. The van der Waals surface area contributed by atoms with E-state index >= 15 is 0 Å². The van der Waals surface area contributed by atoms with E-state index in [0.29, 0.717) is 47.4 Å². The third-order valence-corrected chi connectivity index (χ3v) is 13.4. The molecule has 0 spiro atoms. The molecular formula is C49H66O10P2. The Morgan fingerprint density at radius 2 is 1.13 bits per heavy atom. The van der Waals surface area contributed by atoms with Gasteiger partial charge in [-0.1, -0.05) is 67.7 Å². The Morgan fingerprint density at radius 1 is 0.639 bits per heavy atom. The van der Waals surface area contributed by atoms with Crippen LogP contribution in [0.5, 0.6) is 23.0 Å². The fraction of sp³-hybridized carbons (Fsp3) is 0.510. The van der Waals surface area contributed by atoms with Crippen LogP contribution in [0.1, 0.15) is 133 Å². The molecular weight excluding hydrogens is 810 g/mol. The van der Waals surface area contributed by atoms with Crippen molar-refractivity contribution in [3.8, 4) is 34.1 Å². The summed E-state index contributed by atoms with van der Waals surface area (Å²) in [5.74, 6) is 2.64. The molecule has 1 aliphatic rings. The van der Waals surface area contributed by atoms with Crippen molar-refractivity contribution >= 4 is 38.8 Å². The van der Waals surface area contributed by atoms with Gasteiger partial charge in [0.25, 0.3) is 0 Å². The van der Waals surface area contributed by atoms with Crippen molar-refractivity contribution in [1.82, 2.24) is 0 Å². The normalized spacial score (nSPS) is 14.7. The molecule has 2 N–H and O–H groups in total. The number of hydrogen-bond acceptors (Lipinski definition) is 10. The van der Waals surface area contributed by atoms with Crippen LogP contribution in [0.25, 0.3) is 33.1 Å². The molecule has 0 amide bonds. The molecule has 0 saturated carbocycles. The minimum atomic E-state index is -2.15. The third kappa shape index (κ3) is 11.1. The van der Waals surface area contributed by atoms with Crippen LogP contribution in [0, 0.1) is 5.41 Å². The molecule has 6 rings (SSSR count). The molecule has 0 bridgehead atoms. The number of rotatable bonds is 20. The Hall–Kier alpha value is -3.75. The molecule has 61 heavy (non-hydrogen) atoms. The number of hydrogen-bond donors (Lipinski definition) is 2. The Balaban J connectivity index is 1.69. The lowest BCUT2D eigenvalue weighted by Gasteiger charge is -2.33. The first kappa shape index (κ1) is 46.7. The fourth-order valence-corrected chi connectivity index (χ4v) is 10.3. The summed E-state index contributed by atoms with van der Waals surface area (Å²) in [5.41, 5.74) is 8.11. The van der Waals surface area contributed by atoms with E-state index in [9.17, 15) is 10.2 Å². The van der Waals surface area contributed by atoms with Crippen LogP contribution in [-0.2, 0) is 41.5 Å². The highest BCUT2D eigenvalue weighted by atomic mass is 31.2. The van der Waals surface area contributed by atoms with Crippen molar-refractivity contribution in [2.45, 2.75) is 132 Å². The minimum Gasteiger partial charge on any atom is -0.497 e. The molecule has 4 aromatic carbocycles. The average Bonchev–Trinajstić information content (AvgIpc) is 3.43. The highest BCUT2D eigenvalue weighted by Crippen LogP contribution is 2.55. The van der Waals surface area contributed by atoms with Crippen LogP contribution in [0.15, 0.2) is 56.9 Å². The van der Waals surface area contributed by atoms with Gasteiger partial charge in [0.05, 0.1) is 40.6 Å². The van der Waals surface area contributed by atoms with Crippen molar-refractivity contribution in [1.29, 1.82) is 0 Å². The summed E-state index contributed by atoms with van der Waals surface area (Å²) >= 11 is 0. The van der Waals surface area contributed by atoms with Gasteiger partial charge in [-0.15, -0.1) is 0 Å². The van der Waals surface area contributed by atoms with Crippen LogP contribution in [0.2, 0.25) is 0 Å². The standard InChI is InChI=1S/C49H66O10P2/c1-10-14-17-35-20-33(28-50)22-41-42-23-34(29-51)21-36(18-15-11-2)46(42)58-61(57-45(35)41)59-48-40(32(5)13-4)25-39(53-9)27-44(48)43-26-38(52-8)24-37(19-16-12-3)47(43)56-60-54-30-49(6,7)31-55-60/h20-27,32,50-51H,10-19,28-31H2,1-9H3. The van der Waals surface area contributed by atoms with E-state index in [1.165, 1.54) is 0 Å². The summed E-state index contributed by atoms with van der Waals surface area (Å²) in [6.45, 7) is 15.9. The second-order valence-electron chi connectivity index (χ2n) is 17.0. The third-order valence-electron chi connectivity index (χ3n) is 11.4. The van der Waals surface area contributed by atoms with Crippen molar-refractivity contribution < 1.29 is 46.2 Å². The SMILES string of the molecule is CCCCc1cc(OC)cc(-c2cc(OC)cc(C(C)CC)c2Op2oc3c(CCCC)cc(CO)cc3c3cc(CO)cc(CCCC)c3o2)c1OP1OCC(C)(C)CO1. The van der Waals surface area contributed by atoms with Crippen molar-refractivity contribution in [3.63, 3.8) is 0 Å². The molecule has 0 aliphatic carbocycles. The highest BCUT2D eigenvalue weighted by Gasteiger charge is 2.34. The van der Waals surface area contributed by atoms with E-state index in [-0.39, 0.29) is 24.5 Å². The molecule has 1 saturated heterocycles. The minimum absolute atomic E-state index is 0.0519. The van der Waals surface area contributed by atoms with Gasteiger partial charge in [-0.05, 0) is 127 Å². The lowest BCUT2D eigenvalue weighted by Crippen LogP contribution is -2.29. The van der Waals surface area contributed by atoms with Gasteiger partial charge in [-0.3, -0.25) is 0 Å². The highest BCUT2D eigenvalue weighted by molar-refractivity contribution is 7.42. The topological polar surface area (TPSA) is 122 Å². The molecule has 1 fully saturated rings. The monoisotopic (exact) mass is 876 g/mol. The van der Waals surface area contributed by atoms with Crippen LogP contribution >= 0.6 is 16.8 Å². The lowest BCUT2D eigenvalue weighted by molar-refractivity contribution is 0.0426. The summed E-state index contributed by atoms with van der Waals surface area (Å²) in [5, 5.41) is 22.6. The first-order valence-corrected chi connectivity index (χ1v) is 24.2. The second kappa shape index (κ2) is 21.6. The van der Waals surface area contributed by atoms with Gasteiger partial charge in [-0.25, -0.2) is 0 Å². The number of benzene rings is 4. The molecule has 0 radical (unpaired) electrons. The van der Waals surface area contributed by atoms with Gasteiger partial charge in [-0.2, -0.15) is 0 Å². The van der Waals surface area contributed by atoms with E-state index < -0.39 is 16.8 Å². The number of ether oxygens (including phenoxy) is 2. The Morgan fingerprint density at radius 3 is 1.61 bits per heavy atom. The van der Waals surface area contributed by atoms with Crippen LogP contribution < -0.4 is 18.5 Å².